The van der Waals surface area contributed by atoms with Gasteiger partial charge in [-0.25, -0.2) is 0 Å². The molecule has 1 saturated heterocycles. The molecule has 1 aliphatic heterocycles. The maximum atomic E-state index is 8.82. The number of aliphatic hydroxyl groups excluding tert-OH is 1. The number of benzene rings is 1. The fraction of sp³-hybridized carbons (Fsp3) is 0.556. The van der Waals surface area contributed by atoms with E-state index in [1.54, 1.807) is 0 Å². The Balaban J connectivity index is 1.67. The molecule has 2 fully saturated rings. The largest absolute Gasteiger partial charge is 0.395 e. The van der Waals surface area contributed by atoms with Crippen molar-refractivity contribution in [1.29, 1.82) is 0 Å². The van der Waals surface area contributed by atoms with Crippen molar-refractivity contribution >= 4 is 0 Å². The monoisotopic (exact) mass is 269 g/mol. The second-order valence-corrected chi connectivity index (χ2v) is 6.08. The summed E-state index contributed by atoms with van der Waals surface area (Å²) in [7, 11) is 0. The molecule has 2 atom stereocenters. The molecule has 1 aromatic rings. The first-order chi connectivity index (χ1) is 9.86. The van der Waals surface area contributed by atoms with E-state index < -0.39 is 0 Å². The van der Waals surface area contributed by atoms with E-state index in [4.69, 9.17) is 5.11 Å². The predicted octanol–water partition coefficient (Wildman–Crippen LogP) is 2.65. The lowest BCUT2D eigenvalue weighted by Crippen LogP contribution is -2.21. The molecule has 1 aromatic carbocycles. The summed E-state index contributed by atoms with van der Waals surface area (Å²) in [5.41, 5.74) is 2.45. The Hall–Kier alpha value is -1.30. The van der Waals surface area contributed by atoms with Crippen LogP contribution in [0.5, 0.6) is 0 Å². The second kappa shape index (κ2) is 6.43. The van der Waals surface area contributed by atoms with Crippen LogP contribution in [0.2, 0.25) is 0 Å². The summed E-state index contributed by atoms with van der Waals surface area (Å²) < 4.78 is 0. The van der Waals surface area contributed by atoms with Crippen LogP contribution < -0.4 is 0 Å². The smallest absolute Gasteiger partial charge is 0.0540 e. The summed E-state index contributed by atoms with van der Waals surface area (Å²) in [5.74, 6) is 8.13. The molecule has 0 bridgehead atoms. The van der Waals surface area contributed by atoms with E-state index in [2.05, 4.69) is 34.9 Å². The number of hydrogen-bond donors (Lipinski definition) is 1. The Morgan fingerprint density at radius 2 is 1.90 bits per heavy atom. The van der Waals surface area contributed by atoms with Gasteiger partial charge in [0.25, 0.3) is 0 Å². The molecule has 106 valence electrons. The van der Waals surface area contributed by atoms with Crippen LogP contribution in [-0.2, 0) is 6.54 Å². The van der Waals surface area contributed by atoms with Gasteiger partial charge in [0.15, 0.2) is 0 Å². The minimum atomic E-state index is 0.144. The summed E-state index contributed by atoms with van der Waals surface area (Å²) in [6.45, 7) is 3.70. The van der Waals surface area contributed by atoms with Crippen molar-refractivity contribution in [2.75, 3.05) is 19.7 Å². The van der Waals surface area contributed by atoms with Gasteiger partial charge in [-0.1, -0.05) is 36.5 Å². The zero-order chi connectivity index (χ0) is 13.8. The lowest BCUT2D eigenvalue weighted by Gasteiger charge is -2.17. The van der Waals surface area contributed by atoms with Gasteiger partial charge >= 0.3 is 0 Å². The molecule has 2 aliphatic rings. The summed E-state index contributed by atoms with van der Waals surface area (Å²) in [5, 5.41) is 8.82. The summed E-state index contributed by atoms with van der Waals surface area (Å²) in [6, 6.07) is 8.43. The number of hydrogen-bond acceptors (Lipinski definition) is 2. The van der Waals surface area contributed by atoms with Crippen LogP contribution in [0.25, 0.3) is 0 Å². The van der Waals surface area contributed by atoms with Gasteiger partial charge in [0.1, 0.15) is 0 Å². The molecule has 0 radical (unpaired) electrons. The molecule has 3 rings (SSSR count). The van der Waals surface area contributed by atoms with Crippen molar-refractivity contribution in [2.45, 2.75) is 32.2 Å². The van der Waals surface area contributed by atoms with E-state index in [0.29, 0.717) is 6.42 Å². The van der Waals surface area contributed by atoms with Gasteiger partial charge in [0, 0.05) is 31.6 Å². The quantitative estimate of drug-likeness (QED) is 0.853. The second-order valence-electron chi connectivity index (χ2n) is 6.08. The minimum absolute atomic E-state index is 0.144. The highest BCUT2D eigenvalue weighted by Crippen LogP contribution is 2.38. The standard InChI is InChI=1S/C18H23NO/c20-11-4-3-7-15-6-1-2-8-16(15)12-19-13-17-9-5-10-18(17)14-19/h1-2,6,8,17-18,20H,4-5,9-14H2. The maximum absolute atomic E-state index is 8.82. The van der Waals surface area contributed by atoms with Gasteiger partial charge in [-0.05, 0) is 36.3 Å². The van der Waals surface area contributed by atoms with Crippen LogP contribution in [0.3, 0.4) is 0 Å². The third-order valence-electron chi connectivity index (χ3n) is 4.67. The lowest BCUT2D eigenvalue weighted by atomic mass is 10.0. The lowest BCUT2D eigenvalue weighted by molar-refractivity contribution is 0.303. The van der Waals surface area contributed by atoms with E-state index in [0.717, 1.165) is 23.9 Å². The highest BCUT2D eigenvalue weighted by atomic mass is 16.2. The van der Waals surface area contributed by atoms with E-state index in [-0.39, 0.29) is 6.61 Å². The van der Waals surface area contributed by atoms with Crippen molar-refractivity contribution in [2.24, 2.45) is 11.8 Å². The third kappa shape index (κ3) is 3.06. The molecule has 1 N–H and O–H groups in total. The Morgan fingerprint density at radius 1 is 1.15 bits per heavy atom. The first kappa shape index (κ1) is 13.7. The zero-order valence-corrected chi connectivity index (χ0v) is 12.0. The van der Waals surface area contributed by atoms with Crippen LogP contribution in [-0.4, -0.2) is 29.7 Å². The molecule has 2 unspecified atom stereocenters. The van der Waals surface area contributed by atoms with Crippen molar-refractivity contribution in [1.82, 2.24) is 4.90 Å². The predicted molar refractivity (Wildman–Crippen MR) is 81.1 cm³/mol. The van der Waals surface area contributed by atoms with E-state index in [1.165, 1.54) is 37.9 Å². The van der Waals surface area contributed by atoms with Crippen LogP contribution in [0.15, 0.2) is 24.3 Å². The average molecular weight is 269 g/mol. The van der Waals surface area contributed by atoms with Crippen molar-refractivity contribution < 1.29 is 5.11 Å². The van der Waals surface area contributed by atoms with Gasteiger partial charge in [0.05, 0.1) is 6.61 Å². The number of aliphatic hydroxyl groups is 1. The number of fused-ring (bicyclic) bond motifs is 1. The summed E-state index contributed by atoms with van der Waals surface area (Å²) >= 11 is 0. The van der Waals surface area contributed by atoms with E-state index >= 15 is 0 Å². The van der Waals surface area contributed by atoms with Gasteiger partial charge in [-0.15, -0.1) is 0 Å². The fourth-order valence-electron chi connectivity index (χ4n) is 3.70. The summed E-state index contributed by atoms with van der Waals surface area (Å²) in [4.78, 5) is 2.60. The molecule has 0 aromatic heterocycles. The van der Waals surface area contributed by atoms with Crippen LogP contribution in [0.1, 0.15) is 36.8 Å². The van der Waals surface area contributed by atoms with Gasteiger partial charge in [0.2, 0.25) is 0 Å². The highest BCUT2D eigenvalue weighted by Gasteiger charge is 2.35. The minimum Gasteiger partial charge on any atom is -0.395 e. The molecule has 20 heavy (non-hydrogen) atoms. The zero-order valence-electron chi connectivity index (χ0n) is 12.0. The van der Waals surface area contributed by atoms with E-state index in [9.17, 15) is 0 Å². The number of nitrogens with zero attached hydrogens (tertiary/aromatic N) is 1. The highest BCUT2D eigenvalue weighted by molar-refractivity contribution is 5.41. The molecule has 1 aliphatic carbocycles. The number of rotatable bonds is 3. The van der Waals surface area contributed by atoms with Crippen LogP contribution in [0.4, 0.5) is 0 Å². The topological polar surface area (TPSA) is 23.5 Å². The van der Waals surface area contributed by atoms with E-state index in [1.807, 2.05) is 6.07 Å². The molecule has 1 saturated carbocycles. The van der Waals surface area contributed by atoms with Gasteiger partial charge in [-0.2, -0.15) is 0 Å². The Bertz CT molecular complexity index is 502. The average Bonchev–Trinajstić information content (AvgIpc) is 3.02. The number of likely N-dealkylation sites (tertiary alicyclic amines) is 1. The fourth-order valence-corrected chi connectivity index (χ4v) is 3.70. The SMILES string of the molecule is OCCC#Cc1ccccc1CN1CC2CCCC2C1. The summed E-state index contributed by atoms with van der Waals surface area (Å²) in [6.07, 6.45) is 4.85. The molecular formula is C18H23NO. The Labute approximate surface area is 121 Å². The molecule has 1 heterocycles. The van der Waals surface area contributed by atoms with Crippen molar-refractivity contribution in [3.63, 3.8) is 0 Å². The molecule has 0 spiro atoms. The first-order valence-electron chi connectivity index (χ1n) is 7.77. The van der Waals surface area contributed by atoms with Crippen molar-refractivity contribution in [3.05, 3.63) is 35.4 Å². The molecular weight excluding hydrogens is 246 g/mol. The first-order valence-corrected chi connectivity index (χ1v) is 7.77. The van der Waals surface area contributed by atoms with Crippen LogP contribution >= 0.6 is 0 Å². The van der Waals surface area contributed by atoms with Gasteiger partial charge in [-0.3, -0.25) is 4.90 Å². The molecule has 2 nitrogen and oxygen atoms in total. The van der Waals surface area contributed by atoms with Crippen molar-refractivity contribution in [3.8, 4) is 11.8 Å². The van der Waals surface area contributed by atoms with Gasteiger partial charge < -0.3 is 5.11 Å². The Morgan fingerprint density at radius 3 is 2.65 bits per heavy atom. The molecule has 0 amide bonds. The molecule has 2 heteroatoms. The maximum Gasteiger partial charge on any atom is 0.0540 e. The Kier molecular flexibility index (Phi) is 4.40. The third-order valence-corrected chi connectivity index (χ3v) is 4.67. The normalized spacial score (nSPS) is 25.2. The van der Waals surface area contributed by atoms with Crippen LogP contribution in [0, 0.1) is 23.7 Å².